The van der Waals surface area contributed by atoms with Crippen LogP contribution in [0.3, 0.4) is 0 Å². The van der Waals surface area contributed by atoms with E-state index in [1.54, 1.807) is 4.68 Å². The first kappa shape index (κ1) is 19.3. The van der Waals surface area contributed by atoms with Crippen molar-refractivity contribution in [1.82, 2.24) is 20.4 Å². The van der Waals surface area contributed by atoms with Crippen molar-refractivity contribution in [3.63, 3.8) is 0 Å². The lowest BCUT2D eigenvalue weighted by atomic mass is 9.85. The summed E-state index contributed by atoms with van der Waals surface area (Å²) in [6.45, 7) is 9.00. The summed E-state index contributed by atoms with van der Waals surface area (Å²) < 4.78 is 1.74. The highest BCUT2D eigenvalue weighted by Crippen LogP contribution is 2.28. The highest BCUT2D eigenvalue weighted by Gasteiger charge is 2.28. The van der Waals surface area contributed by atoms with Crippen LogP contribution in [0.15, 0.2) is 0 Å². The number of aromatic nitrogens is 2. The van der Waals surface area contributed by atoms with Gasteiger partial charge in [-0.05, 0) is 39.0 Å². The Labute approximate surface area is 150 Å². The number of carbonyl (C=O) groups excluding carboxylic acids is 1. The predicted octanol–water partition coefficient (Wildman–Crippen LogP) is 3.37. The molecule has 2 atom stereocenters. The van der Waals surface area contributed by atoms with Gasteiger partial charge in [-0.2, -0.15) is 5.10 Å². The average molecular weight is 355 g/mol. The lowest BCUT2D eigenvalue weighted by molar-refractivity contribution is -0.126. The number of aryl methyl sites for hydroxylation is 1. The number of amides is 1. The molecule has 0 aromatic carbocycles. The summed E-state index contributed by atoms with van der Waals surface area (Å²) in [5.41, 5.74) is 2.14. The molecule has 1 aliphatic carbocycles. The molecule has 0 aliphatic heterocycles. The molecule has 0 saturated heterocycles. The Morgan fingerprint density at radius 2 is 2.04 bits per heavy atom. The number of nitrogens with zero attached hydrogens (tertiary/aromatic N) is 2. The van der Waals surface area contributed by atoms with Crippen LogP contribution < -0.4 is 10.6 Å². The maximum atomic E-state index is 12.3. The van der Waals surface area contributed by atoms with Crippen LogP contribution in [0.25, 0.3) is 0 Å². The fourth-order valence-electron chi connectivity index (χ4n) is 3.46. The minimum atomic E-state index is 0.118. The third kappa shape index (κ3) is 4.73. The summed E-state index contributed by atoms with van der Waals surface area (Å²) in [5.74, 6) is 0.655. The van der Waals surface area contributed by atoms with E-state index >= 15 is 0 Å². The summed E-state index contributed by atoms with van der Waals surface area (Å²) in [6.07, 6.45) is 4.08. The SMILES string of the molecule is CC(C)NC(=O)[C@H]1CCC[C@@H](NCc2c(C(C)C)nn(C)c2Cl)C1. The number of hydrogen-bond donors (Lipinski definition) is 2. The number of nitrogens with one attached hydrogen (secondary N) is 2. The standard InChI is InChI=1S/C18H31ClN4O/c1-11(2)16-15(17(19)23(5)22-16)10-20-14-8-6-7-13(9-14)18(24)21-12(3)4/h11-14,20H,6-10H2,1-5H3,(H,21,24)/t13-,14+/m0/s1. The molecule has 1 amide bonds. The van der Waals surface area contributed by atoms with Crippen LogP contribution in [0.4, 0.5) is 0 Å². The number of rotatable bonds is 6. The summed E-state index contributed by atoms with van der Waals surface area (Å²) in [7, 11) is 1.88. The van der Waals surface area contributed by atoms with Gasteiger partial charge in [0.05, 0.1) is 5.69 Å². The van der Waals surface area contributed by atoms with E-state index in [9.17, 15) is 4.79 Å². The molecule has 1 aromatic rings. The molecule has 2 rings (SSSR count). The monoisotopic (exact) mass is 354 g/mol. The highest BCUT2D eigenvalue weighted by atomic mass is 35.5. The van der Waals surface area contributed by atoms with Gasteiger partial charge in [0.2, 0.25) is 5.91 Å². The van der Waals surface area contributed by atoms with Crippen molar-refractivity contribution in [2.24, 2.45) is 13.0 Å². The second-order valence-corrected chi connectivity index (χ2v) is 7.90. The Morgan fingerprint density at radius 1 is 1.33 bits per heavy atom. The van der Waals surface area contributed by atoms with E-state index in [-0.39, 0.29) is 17.9 Å². The van der Waals surface area contributed by atoms with Crippen molar-refractivity contribution >= 4 is 17.5 Å². The van der Waals surface area contributed by atoms with E-state index in [0.717, 1.165) is 36.9 Å². The van der Waals surface area contributed by atoms with Crippen LogP contribution in [0.1, 0.15) is 70.6 Å². The Kier molecular flexibility index (Phi) is 6.70. The van der Waals surface area contributed by atoms with E-state index in [4.69, 9.17) is 11.6 Å². The van der Waals surface area contributed by atoms with Gasteiger partial charge in [0, 0.05) is 37.2 Å². The van der Waals surface area contributed by atoms with Crippen LogP contribution in [0.2, 0.25) is 5.15 Å². The van der Waals surface area contributed by atoms with Gasteiger partial charge in [-0.15, -0.1) is 0 Å². The smallest absolute Gasteiger partial charge is 0.223 e. The van der Waals surface area contributed by atoms with Crippen molar-refractivity contribution in [2.75, 3.05) is 0 Å². The third-order valence-electron chi connectivity index (χ3n) is 4.69. The van der Waals surface area contributed by atoms with E-state index in [1.165, 1.54) is 0 Å². The normalized spacial score (nSPS) is 21.5. The Hall–Kier alpha value is -1.07. The Morgan fingerprint density at radius 3 is 2.67 bits per heavy atom. The summed E-state index contributed by atoms with van der Waals surface area (Å²) in [6, 6.07) is 0.562. The van der Waals surface area contributed by atoms with Crippen LogP contribution in [-0.2, 0) is 18.4 Å². The molecule has 0 unspecified atom stereocenters. The molecule has 1 saturated carbocycles. The minimum Gasteiger partial charge on any atom is -0.354 e. The molecule has 1 fully saturated rings. The van der Waals surface area contributed by atoms with Gasteiger partial charge < -0.3 is 10.6 Å². The average Bonchev–Trinajstić information content (AvgIpc) is 2.80. The maximum Gasteiger partial charge on any atom is 0.223 e. The molecule has 1 aliphatic rings. The highest BCUT2D eigenvalue weighted by molar-refractivity contribution is 6.30. The zero-order chi connectivity index (χ0) is 17.9. The van der Waals surface area contributed by atoms with Crippen molar-refractivity contribution < 1.29 is 4.79 Å². The van der Waals surface area contributed by atoms with Crippen LogP contribution >= 0.6 is 11.6 Å². The molecule has 5 nitrogen and oxygen atoms in total. The molecule has 6 heteroatoms. The predicted molar refractivity (Wildman–Crippen MR) is 98.2 cm³/mol. The number of carbonyl (C=O) groups is 1. The summed E-state index contributed by atoms with van der Waals surface area (Å²) in [4.78, 5) is 12.3. The molecule has 0 bridgehead atoms. The van der Waals surface area contributed by atoms with E-state index in [2.05, 4.69) is 29.6 Å². The first-order valence-electron chi connectivity index (χ1n) is 9.04. The first-order valence-corrected chi connectivity index (χ1v) is 9.42. The molecule has 2 N–H and O–H groups in total. The molecule has 24 heavy (non-hydrogen) atoms. The van der Waals surface area contributed by atoms with Gasteiger partial charge >= 0.3 is 0 Å². The molecular formula is C18H31ClN4O. The van der Waals surface area contributed by atoms with Crippen molar-refractivity contribution in [3.05, 3.63) is 16.4 Å². The second-order valence-electron chi connectivity index (χ2n) is 7.54. The van der Waals surface area contributed by atoms with Crippen LogP contribution in [-0.4, -0.2) is 27.8 Å². The van der Waals surface area contributed by atoms with Gasteiger partial charge in [0.1, 0.15) is 5.15 Å². The number of halogens is 1. The van der Waals surface area contributed by atoms with Crippen molar-refractivity contribution in [3.8, 4) is 0 Å². The van der Waals surface area contributed by atoms with Gasteiger partial charge in [0.25, 0.3) is 0 Å². The quantitative estimate of drug-likeness (QED) is 0.823. The van der Waals surface area contributed by atoms with E-state index < -0.39 is 0 Å². The molecule has 1 heterocycles. The van der Waals surface area contributed by atoms with E-state index in [1.807, 2.05) is 20.9 Å². The van der Waals surface area contributed by atoms with Gasteiger partial charge in [-0.3, -0.25) is 9.48 Å². The molecule has 0 radical (unpaired) electrons. The Balaban J connectivity index is 1.96. The molecular weight excluding hydrogens is 324 g/mol. The lowest BCUT2D eigenvalue weighted by Crippen LogP contribution is -2.42. The fourth-order valence-corrected chi connectivity index (χ4v) is 3.66. The third-order valence-corrected chi connectivity index (χ3v) is 5.16. The van der Waals surface area contributed by atoms with Crippen molar-refractivity contribution in [1.29, 1.82) is 0 Å². The molecule has 0 spiro atoms. The summed E-state index contributed by atoms with van der Waals surface area (Å²) >= 11 is 6.41. The first-order chi connectivity index (χ1) is 11.3. The van der Waals surface area contributed by atoms with Crippen molar-refractivity contribution in [2.45, 2.75) is 77.9 Å². The topological polar surface area (TPSA) is 59.0 Å². The van der Waals surface area contributed by atoms with Gasteiger partial charge in [0.15, 0.2) is 0 Å². The maximum absolute atomic E-state index is 12.3. The second kappa shape index (κ2) is 8.34. The van der Waals surface area contributed by atoms with Crippen LogP contribution in [0.5, 0.6) is 0 Å². The zero-order valence-electron chi connectivity index (χ0n) is 15.5. The minimum absolute atomic E-state index is 0.118. The zero-order valence-corrected chi connectivity index (χ0v) is 16.3. The summed E-state index contributed by atoms with van der Waals surface area (Å²) in [5, 5.41) is 11.9. The molecule has 136 valence electrons. The Bertz CT molecular complexity index is 568. The fraction of sp³-hybridized carbons (Fsp3) is 0.778. The number of hydrogen-bond acceptors (Lipinski definition) is 3. The largest absolute Gasteiger partial charge is 0.354 e. The van der Waals surface area contributed by atoms with Crippen LogP contribution in [0, 0.1) is 5.92 Å². The molecule has 1 aromatic heterocycles. The van der Waals surface area contributed by atoms with Gasteiger partial charge in [-0.25, -0.2) is 0 Å². The van der Waals surface area contributed by atoms with Gasteiger partial charge in [-0.1, -0.05) is 31.9 Å². The lowest BCUT2D eigenvalue weighted by Gasteiger charge is -2.29. The van der Waals surface area contributed by atoms with E-state index in [0.29, 0.717) is 23.7 Å².